The second-order valence-corrected chi connectivity index (χ2v) is 8.00. The molecule has 0 radical (unpaired) electrons. The highest BCUT2D eigenvalue weighted by atomic mass is 79.9. The molecule has 4 rings (SSSR count). The summed E-state index contributed by atoms with van der Waals surface area (Å²) in [7, 11) is 2.06. The number of rotatable bonds is 2. The smallest absolute Gasteiger partial charge is 0.209 e. The number of para-hydroxylation sites is 1. The molecule has 0 saturated carbocycles. The van der Waals surface area contributed by atoms with Gasteiger partial charge in [-0.15, -0.1) is 0 Å². The van der Waals surface area contributed by atoms with Crippen molar-refractivity contribution in [3.8, 4) is 0 Å². The van der Waals surface area contributed by atoms with Crippen LogP contribution in [0, 0.1) is 0 Å². The second kappa shape index (κ2) is 6.06. The van der Waals surface area contributed by atoms with E-state index < -0.39 is 0 Å². The lowest BCUT2D eigenvalue weighted by Crippen LogP contribution is -2.26. The highest BCUT2D eigenvalue weighted by Crippen LogP contribution is 2.40. The van der Waals surface area contributed by atoms with Crippen molar-refractivity contribution in [1.29, 1.82) is 0 Å². The van der Waals surface area contributed by atoms with Gasteiger partial charge in [-0.1, -0.05) is 28.1 Å². The van der Waals surface area contributed by atoms with Crippen LogP contribution in [-0.4, -0.2) is 17.3 Å². The molecule has 3 aromatic rings. The highest BCUT2D eigenvalue weighted by molar-refractivity contribution is 9.10. The fraction of sp³-hybridized carbons (Fsp3) is 0.182. The molecular weight excluding hydrogens is 390 g/mol. The zero-order valence-corrected chi connectivity index (χ0v) is 16.5. The molecule has 2 aromatic carbocycles. The van der Waals surface area contributed by atoms with E-state index in [0.29, 0.717) is 16.5 Å². The summed E-state index contributed by atoms with van der Waals surface area (Å²) in [5.41, 5.74) is 4.58. The maximum atomic E-state index is 12.7. The van der Waals surface area contributed by atoms with Crippen LogP contribution in [-0.2, 0) is 5.41 Å². The third kappa shape index (κ3) is 2.56. The van der Waals surface area contributed by atoms with Crippen molar-refractivity contribution in [3.05, 3.63) is 80.6 Å². The van der Waals surface area contributed by atoms with Gasteiger partial charge in [-0.3, -0.25) is 4.79 Å². The van der Waals surface area contributed by atoms with E-state index in [9.17, 15) is 4.79 Å². The number of nitrogens with zero attached hydrogens (tertiary/aromatic N) is 1. The largest absolute Gasteiger partial charge is 0.463 e. The summed E-state index contributed by atoms with van der Waals surface area (Å²) in [5.74, 6) is 0. The number of allylic oxidation sites excluding steroid dienone is 1. The molecule has 0 fully saturated rings. The average molecular weight is 409 g/mol. The molecule has 1 aromatic heterocycles. The molecule has 4 heteroatoms. The molecule has 0 aliphatic carbocycles. The Balaban J connectivity index is 1.80. The first-order chi connectivity index (χ1) is 12.4. The molecule has 0 atom stereocenters. The van der Waals surface area contributed by atoms with Gasteiger partial charge in [-0.25, -0.2) is 0 Å². The zero-order valence-electron chi connectivity index (χ0n) is 14.9. The summed E-state index contributed by atoms with van der Waals surface area (Å²) in [6.07, 6.45) is 5.41. The lowest BCUT2D eigenvalue weighted by molar-refractivity contribution is -0.401. The van der Waals surface area contributed by atoms with Gasteiger partial charge >= 0.3 is 0 Å². The predicted octanol–water partition coefficient (Wildman–Crippen LogP) is 5.27. The van der Waals surface area contributed by atoms with Crippen LogP contribution >= 0.6 is 15.9 Å². The van der Waals surface area contributed by atoms with Gasteiger partial charge in [-0.2, -0.15) is 4.58 Å². The molecule has 0 amide bonds. The normalized spacial score (nSPS) is 15.8. The maximum Gasteiger partial charge on any atom is 0.209 e. The Bertz CT molecular complexity index is 1150. The molecule has 130 valence electrons. The van der Waals surface area contributed by atoms with Crippen LogP contribution < -0.4 is 5.43 Å². The molecule has 0 N–H and O–H groups in total. The highest BCUT2D eigenvalue weighted by Gasteiger charge is 2.42. The summed E-state index contributed by atoms with van der Waals surface area (Å²) in [5, 5.41) is 0.603. The van der Waals surface area contributed by atoms with Crippen molar-refractivity contribution in [3.63, 3.8) is 0 Å². The number of hydrogen-bond acceptors (Lipinski definition) is 2. The Morgan fingerprint density at radius 2 is 1.88 bits per heavy atom. The van der Waals surface area contributed by atoms with Crippen molar-refractivity contribution in [2.45, 2.75) is 19.3 Å². The van der Waals surface area contributed by atoms with Crippen molar-refractivity contribution in [1.82, 2.24) is 0 Å². The first kappa shape index (κ1) is 17.0. The number of hydrogen-bond donors (Lipinski definition) is 0. The Kier molecular flexibility index (Phi) is 3.96. The molecule has 0 saturated heterocycles. The molecule has 0 unspecified atom stereocenters. The minimum absolute atomic E-state index is 0.0117. The summed E-state index contributed by atoms with van der Waals surface area (Å²) >= 11 is 3.57. The first-order valence-electron chi connectivity index (χ1n) is 8.49. The topological polar surface area (TPSA) is 33.2 Å². The van der Waals surface area contributed by atoms with Gasteiger partial charge in [-0.05, 0) is 44.2 Å². The van der Waals surface area contributed by atoms with Gasteiger partial charge in [0.2, 0.25) is 5.69 Å². The second-order valence-electron chi connectivity index (χ2n) is 7.08. The van der Waals surface area contributed by atoms with E-state index in [1.54, 1.807) is 12.1 Å². The number of fused-ring (bicyclic) bond motifs is 2. The van der Waals surface area contributed by atoms with E-state index in [0.717, 1.165) is 10.2 Å². The van der Waals surface area contributed by atoms with Crippen molar-refractivity contribution in [2.75, 3.05) is 7.05 Å². The van der Waals surface area contributed by atoms with Gasteiger partial charge in [0.25, 0.3) is 0 Å². The molecule has 2 heterocycles. The van der Waals surface area contributed by atoms with Crippen LogP contribution in [0.1, 0.15) is 25.0 Å². The maximum absolute atomic E-state index is 12.7. The number of benzene rings is 2. The Morgan fingerprint density at radius 3 is 2.69 bits per heavy atom. The van der Waals surface area contributed by atoms with Gasteiger partial charge in [0.1, 0.15) is 18.9 Å². The van der Waals surface area contributed by atoms with Crippen LogP contribution in [0.2, 0.25) is 0 Å². The molecule has 1 aliphatic heterocycles. The van der Waals surface area contributed by atoms with Crippen LogP contribution in [0.4, 0.5) is 5.69 Å². The van der Waals surface area contributed by atoms with Crippen molar-refractivity contribution >= 4 is 44.4 Å². The number of halogens is 1. The lowest BCUT2D eigenvalue weighted by atomic mass is 9.81. The Morgan fingerprint density at radius 1 is 1.12 bits per heavy atom. The summed E-state index contributed by atoms with van der Waals surface area (Å²) in [6.45, 7) is 4.40. The monoisotopic (exact) mass is 408 g/mol. The van der Waals surface area contributed by atoms with Crippen LogP contribution in [0.3, 0.4) is 0 Å². The SMILES string of the molecule is C[N+]1=C(/C=C/c2coc3ccccc3c2=O)C(C)(C)c2cc(Br)ccc21. The molecule has 1 aliphatic rings. The van der Waals surface area contributed by atoms with Gasteiger partial charge in [0.15, 0.2) is 11.1 Å². The van der Waals surface area contributed by atoms with Gasteiger partial charge in [0.05, 0.1) is 16.4 Å². The fourth-order valence-corrected chi connectivity index (χ4v) is 4.05. The van der Waals surface area contributed by atoms with E-state index in [1.807, 2.05) is 24.3 Å². The van der Waals surface area contributed by atoms with E-state index in [2.05, 4.69) is 59.6 Å². The van der Waals surface area contributed by atoms with Crippen LogP contribution in [0.25, 0.3) is 17.0 Å². The van der Waals surface area contributed by atoms with Gasteiger partial charge < -0.3 is 4.42 Å². The van der Waals surface area contributed by atoms with Gasteiger partial charge in [0, 0.05) is 22.2 Å². The summed E-state index contributed by atoms with van der Waals surface area (Å²) < 4.78 is 8.86. The average Bonchev–Trinajstić information content (AvgIpc) is 2.81. The zero-order chi connectivity index (χ0) is 18.5. The predicted molar refractivity (Wildman–Crippen MR) is 110 cm³/mol. The quantitative estimate of drug-likeness (QED) is 0.540. The minimum atomic E-state index is -0.151. The summed E-state index contributed by atoms with van der Waals surface area (Å²) in [4.78, 5) is 12.7. The third-order valence-electron chi connectivity index (χ3n) is 5.12. The lowest BCUT2D eigenvalue weighted by Gasteiger charge is -2.15. The molecule has 3 nitrogen and oxygen atoms in total. The fourth-order valence-electron chi connectivity index (χ4n) is 3.69. The molecule has 26 heavy (non-hydrogen) atoms. The molecule has 0 bridgehead atoms. The van der Waals surface area contributed by atoms with Crippen molar-refractivity contribution in [2.24, 2.45) is 0 Å². The minimum Gasteiger partial charge on any atom is -0.463 e. The molecule has 0 spiro atoms. The summed E-state index contributed by atoms with van der Waals surface area (Å²) in [6, 6.07) is 13.7. The molecular formula is C22H19BrNO2+. The first-order valence-corrected chi connectivity index (χ1v) is 9.29. The van der Waals surface area contributed by atoms with E-state index in [1.165, 1.54) is 17.5 Å². The third-order valence-corrected chi connectivity index (χ3v) is 5.62. The Labute approximate surface area is 160 Å². The van der Waals surface area contributed by atoms with E-state index >= 15 is 0 Å². The van der Waals surface area contributed by atoms with Crippen molar-refractivity contribution < 1.29 is 8.99 Å². The Hall–Kier alpha value is -2.46. The standard InChI is InChI=1S/C22H19BrNO2/c1-22(2)17-12-15(23)9-10-18(17)24(3)20(22)11-8-14-13-26-19-7-5-4-6-16(19)21(14)25/h4-13H,1-3H3/q+1/b11-8+. The van der Waals surface area contributed by atoms with Crippen LogP contribution in [0.5, 0.6) is 0 Å². The van der Waals surface area contributed by atoms with E-state index in [-0.39, 0.29) is 10.8 Å². The van der Waals surface area contributed by atoms with E-state index in [4.69, 9.17) is 4.42 Å². The van der Waals surface area contributed by atoms with Crippen LogP contribution in [0.15, 0.2) is 68.5 Å².